The van der Waals surface area contributed by atoms with Crippen LogP contribution in [0.4, 0.5) is 4.39 Å². The van der Waals surface area contributed by atoms with E-state index in [2.05, 4.69) is 4.90 Å². The van der Waals surface area contributed by atoms with Crippen molar-refractivity contribution in [2.45, 2.75) is 42.2 Å². The van der Waals surface area contributed by atoms with Gasteiger partial charge < -0.3 is 4.74 Å². The number of likely N-dealkylation sites (tertiary alicyclic amines) is 1. The van der Waals surface area contributed by atoms with Crippen molar-refractivity contribution in [1.82, 2.24) is 9.21 Å². The number of benzene rings is 1. The standard InChI is InChI=1S/C17H23FN2O3S/c18-14-5-4-6-16(9-14)24(21,22)20-12-17(13-20)10-15(11-23-17)19-7-2-1-3-8-19/h4-6,9,15H,1-3,7-8,10-13H2. The lowest BCUT2D eigenvalue weighted by Gasteiger charge is -2.46. The van der Waals surface area contributed by atoms with E-state index in [0.717, 1.165) is 25.6 Å². The third-order valence-corrected chi connectivity index (χ3v) is 7.25. The average Bonchev–Trinajstić information content (AvgIpc) is 3.00. The molecular weight excluding hydrogens is 331 g/mol. The summed E-state index contributed by atoms with van der Waals surface area (Å²) in [4.78, 5) is 2.50. The second-order valence-corrected chi connectivity index (χ2v) is 9.12. The van der Waals surface area contributed by atoms with Gasteiger partial charge in [-0.3, -0.25) is 4.90 Å². The molecule has 3 fully saturated rings. The number of hydrogen-bond acceptors (Lipinski definition) is 4. The lowest BCUT2D eigenvalue weighted by atomic mass is 9.91. The third-order valence-electron chi connectivity index (χ3n) is 5.46. The van der Waals surface area contributed by atoms with E-state index < -0.39 is 15.8 Å². The van der Waals surface area contributed by atoms with Crippen LogP contribution in [0.3, 0.4) is 0 Å². The minimum Gasteiger partial charge on any atom is -0.371 e. The highest BCUT2D eigenvalue weighted by molar-refractivity contribution is 7.89. The van der Waals surface area contributed by atoms with E-state index in [1.54, 1.807) is 0 Å². The fourth-order valence-corrected chi connectivity index (χ4v) is 5.72. The number of rotatable bonds is 3. The first-order chi connectivity index (χ1) is 11.5. The van der Waals surface area contributed by atoms with Crippen LogP contribution in [-0.2, 0) is 14.8 Å². The van der Waals surface area contributed by atoms with Crippen molar-refractivity contribution in [2.75, 3.05) is 32.8 Å². The molecule has 0 saturated carbocycles. The van der Waals surface area contributed by atoms with Gasteiger partial charge in [0.2, 0.25) is 10.0 Å². The number of hydrogen-bond donors (Lipinski definition) is 0. The molecule has 1 aromatic carbocycles. The lowest BCUT2D eigenvalue weighted by Crippen LogP contribution is -2.63. The van der Waals surface area contributed by atoms with Gasteiger partial charge >= 0.3 is 0 Å². The van der Waals surface area contributed by atoms with Gasteiger partial charge in [-0.15, -0.1) is 0 Å². The highest BCUT2D eigenvalue weighted by Gasteiger charge is 2.54. The highest BCUT2D eigenvalue weighted by atomic mass is 32.2. The van der Waals surface area contributed by atoms with E-state index in [0.29, 0.717) is 25.7 Å². The van der Waals surface area contributed by atoms with Crippen LogP contribution in [0.25, 0.3) is 0 Å². The summed E-state index contributed by atoms with van der Waals surface area (Å²) in [5.74, 6) is -0.534. The molecule has 0 amide bonds. The molecule has 3 aliphatic heterocycles. The summed E-state index contributed by atoms with van der Waals surface area (Å²) in [5.41, 5.74) is -0.345. The molecular formula is C17H23FN2O3S. The third kappa shape index (κ3) is 2.87. The summed E-state index contributed by atoms with van der Waals surface area (Å²) in [6, 6.07) is 5.60. The van der Waals surface area contributed by atoms with Crippen LogP contribution in [0.15, 0.2) is 29.2 Å². The number of halogens is 1. The van der Waals surface area contributed by atoms with Gasteiger partial charge in [0, 0.05) is 19.1 Å². The SMILES string of the molecule is O=S(=O)(c1cccc(F)c1)N1CC2(CC(N3CCCCC3)CO2)C1. The maximum Gasteiger partial charge on any atom is 0.243 e. The molecule has 1 aromatic rings. The van der Waals surface area contributed by atoms with Gasteiger partial charge in [-0.25, -0.2) is 12.8 Å². The van der Waals surface area contributed by atoms with Crippen molar-refractivity contribution in [3.63, 3.8) is 0 Å². The molecule has 3 aliphatic rings. The number of sulfonamides is 1. The van der Waals surface area contributed by atoms with Gasteiger partial charge in [-0.2, -0.15) is 4.31 Å². The van der Waals surface area contributed by atoms with Crippen molar-refractivity contribution in [2.24, 2.45) is 0 Å². The smallest absolute Gasteiger partial charge is 0.243 e. The summed E-state index contributed by atoms with van der Waals surface area (Å²) in [7, 11) is -3.63. The molecule has 0 aliphatic carbocycles. The van der Waals surface area contributed by atoms with Gasteiger partial charge in [0.05, 0.1) is 17.1 Å². The normalized spacial score (nSPS) is 28.1. The Hall–Kier alpha value is -1.02. The zero-order valence-corrected chi connectivity index (χ0v) is 14.5. The van der Waals surface area contributed by atoms with Crippen molar-refractivity contribution in [3.8, 4) is 0 Å². The Morgan fingerprint density at radius 2 is 1.92 bits per heavy atom. The van der Waals surface area contributed by atoms with Crippen LogP contribution in [-0.4, -0.2) is 62.1 Å². The fraction of sp³-hybridized carbons (Fsp3) is 0.647. The maximum absolute atomic E-state index is 13.3. The zero-order chi connectivity index (χ0) is 16.8. The predicted octanol–water partition coefficient (Wildman–Crippen LogP) is 1.84. The number of nitrogens with zero attached hydrogens (tertiary/aromatic N) is 2. The lowest BCUT2D eigenvalue weighted by molar-refractivity contribution is -0.0774. The second kappa shape index (κ2) is 6.05. The quantitative estimate of drug-likeness (QED) is 0.831. The first kappa shape index (κ1) is 16.4. The molecule has 24 heavy (non-hydrogen) atoms. The van der Waals surface area contributed by atoms with E-state index >= 15 is 0 Å². The van der Waals surface area contributed by atoms with Crippen LogP contribution in [0, 0.1) is 5.82 Å². The monoisotopic (exact) mass is 354 g/mol. The first-order valence-corrected chi connectivity index (χ1v) is 10.1. The van der Waals surface area contributed by atoms with E-state index in [9.17, 15) is 12.8 Å². The molecule has 1 unspecified atom stereocenters. The molecule has 7 heteroatoms. The molecule has 5 nitrogen and oxygen atoms in total. The Labute approximate surface area is 142 Å². The first-order valence-electron chi connectivity index (χ1n) is 8.62. The average molecular weight is 354 g/mol. The number of piperidine rings is 1. The van der Waals surface area contributed by atoms with Crippen LogP contribution in [0.5, 0.6) is 0 Å². The molecule has 3 saturated heterocycles. The van der Waals surface area contributed by atoms with E-state index in [-0.39, 0.29) is 10.5 Å². The Bertz CT molecular complexity index is 712. The van der Waals surface area contributed by atoms with E-state index in [1.165, 1.54) is 41.8 Å². The molecule has 1 spiro atoms. The summed E-state index contributed by atoms with van der Waals surface area (Å²) in [6.07, 6.45) is 4.67. The van der Waals surface area contributed by atoms with Gasteiger partial charge in [0.25, 0.3) is 0 Å². The van der Waals surface area contributed by atoms with Gasteiger partial charge in [-0.05, 0) is 50.6 Å². The molecule has 3 heterocycles. The minimum atomic E-state index is -3.63. The van der Waals surface area contributed by atoms with Gasteiger partial charge in [-0.1, -0.05) is 12.5 Å². The van der Waals surface area contributed by atoms with Crippen LogP contribution < -0.4 is 0 Å². The molecule has 0 radical (unpaired) electrons. The fourth-order valence-electron chi connectivity index (χ4n) is 4.10. The van der Waals surface area contributed by atoms with E-state index in [4.69, 9.17) is 4.74 Å². The minimum absolute atomic E-state index is 0.0166. The second-order valence-electron chi connectivity index (χ2n) is 7.18. The van der Waals surface area contributed by atoms with Crippen molar-refractivity contribution in [1.29, 1.82) is 0 Å². The topological polar surface area (TPSA) is 49.9 Å². The van der Waals surface area contributed by atoms with Gasteiger partial charge in [0.1, 0.15) is 5.82 Å². The summed E-state index contributed by atoms with van der Waals surface area (Å²) >= 11 is 0. The zero-order valence-electron chi connectivity index (χ0n) is 13.7. The predicted molar refractivity (Wildman–Crippen MR) is 87.7 cm³/mol. The van der Waals surface area contributed by atoms with Crippen molar-refractivity contribution in [3.05, 3.63) is 30.1 Å². The number of ether oxygens (including phenoxy) is 1. The largest absolute Gasteiger partial charge is 0.371 e. The molecule has 132 valence electrons. The summed E-state index contributed by atoms with van der Waals surface area (Å²) in [6.45, 7) is 3.67. The van der Waals surface area contributed by atoms with Crippen LogP contribution in [0.1, 0.15) is 25.7 Å². The molecule has 0 bridgehead atoms. The highest BCUT2D eigenvalue weighted by Crippen LogP contribution is 2.40. The summed E-state index contributed by atoms with van der Waals surface area (Å²) in [5, 5.41) is 0. The Kier molecular flexibility index (Phi) is 4.15. The van der Waals surface area contributed by atoms with Crippen LogP contribution >= 0.6 is 0 Å². The van der Waals surface area contributed by atoms with Gasteiger partial charge in [0.15, 0.2) is 0 Å². The Morgan fingerprint density at radius 3 is 2.62 bits per heavy atom. The van der Waals surface area contributed by atoms with Crippen molar-refractivity contribution >= 4 is 10.0 Å². The Morgan fingerprint density at radius 1 is 1.17 bits per heavy atom. The maximum atomic E-state index is 13.3. The molecule has 4 rings (SSSR count). The summed E-state index contributed by atoms with van der Waals surface area (Å²) < 4.78 is 45.9. The Balaban J connectivity index is 1.41. The van der Waals surface area contributed by atoms with Crippen LogP contribution in [0.2, 0.25) is 0 Å². The molecule has 1 atom stereocenters. The molecule has 0 aromatic heterocycles. The van der Waals surface area contributed by atoms with E-state index in [1.807, 2.05) is 0 Å². The molecule has 0 N–H and O–H groups in total. The van der Waals surface area contributed by atoms with Crippen molar-refractivity contribution < 1.29 is 17.5 Å².